The predicted molar refractivity (Wildman–Crippen MR) is 96.4 cm³/mol. The minimum absolute atomic E-state index is 0.114. The lowest BCUT2D eigenvalue weighted by Crippen LogP contribution is -2.50. The van der Waals surface area contributed by atoms with Crippen LogP contribution in [0.4, 0.5) is 0 Å². The van der Waals surface area contributed by atoms with Crippen molar-refractivity contribution >= 4 is 35.0 Å². The molecule has 2 aromatic rings. The van der Waals surface area contributed by atoms with Crippen molar-refractivity contribution in [1.82, 2.24) is 9.80 Å². The molecule has 1 aliphatic heterocycles. The van der Waals surface area contributed by atoms with Crippen LogP contribution in [0, 0.1) is 0 Å². The molecule has 0 bridgehead atoms. The molecule has 2 aromatic carbocycles. The number of carbonyl (C=O) groups is 2. The van der Waals surface area contributed by atoms with Gasteiger partial charge >= 0.3 is 0 Å². The van der Waals surface area contributed by atoms with Gasteiger partial charge in [0, 0.05) is 36.8 Å². The van der Waals surface area contributed by atoms with Crippen molar-refractivity contribution < 1.29 is 14.7 Å². The lowest BCUT2D eigenvalue weighted by molar-refractivity contribution is 0.0535. The summed E-state index contributed by atoms with van der Waals surface area (Å²) in [4.78, 5) is 28.4. The lowest BCUT2D eigenvalue weighted by Gasteiger charge is -2.35. The van der Waals surface area contributed by atoms with Gasteiger partial charge in [-0.2, -0.15) is 0 Å². The fourth-order valence-electron chi connectivity index (χ4n) is 2.73. The maximum absolute atomic E-state index is 12.6. The molecule has 7 heteroatoms. The van der Waals surface area contributed by atoms with Crippen molar-refractivity contribution in [1.29, 1.82) is 0 Å². The van der Waals surface area contributed by atoms with Crippen molar-refractivity contribution in [2.45, 2.75) is 0 Å². The van der Waals surface area contributed by atoms with Gasteiger partial charge in [-0.05, 0) is 42.5 Å². The second-order valence-corrected chi connectivity index (χ2v) is 6.60. The Bertz CT molecular complexity index is 800. The van der Waals surface area contributed by atoms with E-state index in [1.165, 1.54) is 12.1 Å². The molecule has 0 radical (unpaired) electrons. The highest BCUT2D eigenvalue weighted by molar-refractivity contribution is 6.36. The standard InChI is InChI=1S/C18H16Cl2N2O3/c19-13-3-6-15(16(20)11-13)18(25)22-9-7-21(8-10-22)17(24)12-1-4-14(23)5-2-12/h1-6,11,23H,7-10H2. The van der Waals surface area contributed by atoms with Gasteiger partial charge in [-0.1, -0.05) is 23.2 Å². The van der Waals surface area contributed by atoms with E-state index in [0.717, 1.165) is 0 Å². The monoisotopic (exact) mass is 378 g/mol. The molecule has 0 unspecified atom stereocenters. The van der Waals surface area contributed by atoms with Gasteiger partial charge in [0.1, 0.15) is 5.75 Å². The van der Waals surface area contributed by atoms with Gasteiger partial charge in [-0.25, -0.2) is 0 Å². The number of aromatic hydroxyl groups is 1. The summed E-state index contributed by atoms with van der Waals surface area (Å²) in [7, 11) is 0. The maximum atomic E-state index is 12.6. The number of nitrogens with zero attached hydrogens (tertiary/aromatic N) is 2. The molecule has 0 spiro atoms. The first-order valence-corrected chi connectivity index (χ1v) is 8.54. The summed E-state index contributed by atoms with van der Waals surface area (Å²) in [6.07, 6.45) is 0. The van der Waals surface area contributed by atoms with E-state index in [2.05, 4.69) is 0 Å². The molecule has 5 nitrogen and oxygen atoms in total. The Kier molecular flexibility index (Phi) is 5.16. The number of hydrogen-bond donors (Lipinski definition) is 1. The number of halogens is 2. The third-order valence-corrected chi connectivity index (χ3v) is 4.68. The van der Waals surface area contributed by atoms with Crippen LogP contribution < -0.4 is 0 Å². The second-order valence-electron chi connectivity index (χ2n) is 5.76. The third-order valence-electron chi connectivity index (χ3n) is 4.13. The Morgan fingerprint density at radius 3 is 1.96 bits per heavy atom. The zero-order valence-electron chi connectivity index (χ0n) is 13.3. The Labute approximate surface area is 155 Å². The van der Waals surface area contributed by atoms with Crippen LogP contribution in [0.3, 0.4) is 0 Å². The summed E-state index contributed by atoms with van der Waals surface area (Å²) in [5.41, 5.74) is 0.919. The molecule has 0 atom stereocenters. The van der Waals surface area contributed by atoms with Gasteiger partial charge in [0.15, 0.2) is 0 Å². The van der Waals surface area contributed by atoms with Gasteiger partial charge in [0.05, 0.1) is 10.6 Å². The zero-order valence-corrected chi connectivity index (χ0v) is 14.8. The summed E-state index contributed by atoms with van der Waals surface area (Å²) in [6.45, 7) is 1.75. The number of hydrogen-bond acceptors (Lipinski definition) is 3. The molecular weight excluding hydrogens is 363 g/mol. The molecule has 1 N–H and O–H groups in total. The average Bonchev–Trinajstić information content (AvgIpc) is 2.61. The Morgan fingerprint density at radius 1 is 0.840 bits per heavy atom. The van der Waals surface area contributed by atoms with Crippen LogP contribution in [-0.4, -0.2) is 52.9 Å². The summed E-state index contributed by atoms with van der Waals surface area (Å²) in [5.74, 6) is -0.165. The van der Waals surface area contributed by atoms with Crippen LogP contribution in [0.2, 0.25) is 10.0 Å². The number of carbonyl (C=O) groups excluding carboxylic acids is 2. The molecule has 1 aliphatic rings. The van der Waals surface area contributed by atoms with E-state index in [4.69, 9.17) is 23.2 Å². The summed E-state index contributed by atoms with van der Waals surface area (Å²) in [5, 5.41) is 10.1. The van der Waals surface area contributed by atoms with Crippen LogP contribution in [0.25, 0.3) is 0 Å². The van der Waals surface area contributed by atoms with Crippen LogP contribution in [-0.2, 0) is 0 Å². The van der Waals surface area contributed by atoms with Gasteiger partial charge in [-0.15, -0.1) is 0 Å². The van der Waals surface area contributed by atoms with Crippen molar-refractivity contribution in [3.8, 4) is 5.75 Å². The Morgan fingerprint density at radius 2 is 1.40 bits per heavy atom. The van der Waals surface area contributed by atoms with E-state index >= 15 is 0 Å². The van der Waals surface area contributed by atoms with E-state index in [9.17, 15) is 14.7 Å². The number of phenols is 1. The van der Waals surface area contributed by atoms with Crippen LogP contribution in [0.15, 0.2) is 42.5 Å². The first-order chi connectivity index (χ1) is 12.0. The number of piperazine rings is 1. The number of amides is 2. The number of rotatable bonds is 2. The van der Waals surface area contributed by atoms with E-state index in [0.29, 0.717) is 47.4 Å². The molecule has 1 heterocycles. The zero-order chi connectivity index (χ0) is 18.0. The predicted octanol–water partition coefficient (Wildman–Crippen LogP) is 3.30. The van der Waals surface area contributed by atoms with Crippen LogP contribution in [0.5, 0.6) is 5.75 Å². The summed E-state index contributed by atoms with van der Waals surface area (Å²) >= 11 is 12.0. The van der Waals surface area contributed by atoms with Crippen LogP contribution >= 0.6 is 23.2 Å². The SMILES string of the molecule is O=C(c1ccc(O)cc1)N1CCN(C(=O)c2ccc(Cl)cc2Cl)CC1. The molecule has 0 aromatic heterocycles. The lowest BCUT2D eigenvalue weighted by atomic mass is 10.1. The normalized spacial score (nSPS) is 14.5. The fourth-order valence-corrected chi connectivity index (χ4v) is 3.22. The maximum Gasteiger partial charge on any atom is 0.255 e. The largest absolute Gasteiger partial charge is 0.508 e. The molecule has 2 amide bonds. The van der Waals surface area contributed by atoms with E-state index < -0.39 is 0 Å². The van der Waals surface area contributed by atoms with Crippen molar-refractivity contribution in [2.75, 3.05) is 26.2 Å². The van der Waals surface area contributed by atoms with E-state index in [-0.39, 0.29) is 17.6 Å². The van der Waals surface area contributed by atoms with Crippen molar-refractivity contribution in [3.63, 3.8) is 0 Å². The smallest absolute Gasteiger partial charge is 0.255 e. The highest BCUT2D eigenvalue weighted by Gasteiger charge is 2.26. The molecule has 3 rings (SSSR count). The van der Waals surface area contributed by atoms with E-state index in [1.807, 2.05) is 0 Å². The third kappa shape index (κ3) is 3.89. The van der Waals surface area contributed by atoms with Gasteiger partial charge < -0.3 is 14.9 Å². The number of phenolic OH excluding ortho intramolecular Hbond substituents is 1. The molecule has 1 saturated heterocycles. The van der Waals surface area contributed by atoms with Gasteiger partial charge in [-0.3, -0.25) is 9.59 Å². The molecule has 1 fully saturated rings. The Hall–Kier alpha value is -2.24. The first-order valence-electron chi connectivity index (χ1n) is 7.78. The average molecular weight is 379 g/mol. The summed E-state index contributed by atoms with van der Waals surface area (Å²) in [6, 6.07) is 10.9. The minimum atomic E-state index is -0.168. The topological polar surface area (TPSA) is 60.9 Å². The van der Waals surface area contributed by atoms with Gasteiger partial charge in [0.25, 0.3) is 11.8 Å². The first kappa shape index (κ1) is 17.6. The highest BCUT2D eigenvalue weighted by atomic mass is 35.5. The van der Waals surface area contributed by atoms with Gasteiger partial charge in [0.2, 0.25) is 0 Å². The van der Waals surface area contributed by atoms with Crippen molar-refractivity contribution in [3.05, 3.63) is 63.6 Å². The molecule has 0 aliphatic carbocycles. The summed E-state index contributed by atoms with van der Waals surface area (Å²) < 4.78 is 0. The number of benzene rings is 2. The second kappa shape index (κ2) is 7.33. The highest BCUT2D eigenvalue weighted by Crippen LogP contribution is 2.23. The minimum Gasteiger partial charge on any atom is -0.508 e. The fraction of sp³-hybridized carbons (Fsp3) is 0.222. The molecule has 25 heavy (non-hydrogen) atoms. The molecule has 130 valence electrons. The molecule has 0 saturated carbocycles. The Balaban J connectivity index is 1.64. The van der Waals surface area contributed by atoms with E-state index in [1.54, 1.807) is 40.1 Å². The quantitative estimate of drug-likeness (QED) is 0.871. The van der Waals surface area contributed by atoms with Crippen molar-refractivity contribution in [2.24, 2.45) is 0 Å². The van der Waals surface area contributed by atoms with Crippen LogP contribution in [0.1, 0.15) is 20.7 Å². The molecular formula is C18H16Cl2N2O3.